The molecule has 1 atom stereocenters. The Morgan fingerprint density at radius 1 is 1.16 bits per heavy atom. The third kappa shape index (κ3) is 5.83. The molecule has 1 fully saturated rings. The molecule has 0 radical (unpaired) electrons. The lowest BCUT2D eigenvalue weighted by atomic mass is 10.0. The van der Waals surface area contributed by atoms with E-state index in [4.69, 9.17) is 9.47 Å². The molecular formula is C23H30N2O6. The Morgan fingerprint density at radius 3 is 2.65 bits per heavy atom. The van der Waals surface area contributed by atoms with Crippen LogP contribution in [0.25, 0.3) is 0 Å². The van der Waals surface area contributed by atoms with Crippen molar-refractivity contribution in [2.24, 2.45) is 0 Å². The van der Waals surface area contributed by atoms with Gasteiger partial charge in [0.05, 0.1) is 13.2 Å². The summed E-state index contributed by atoms with van der Waals surface area (Å²) in [7, 11) is 0. The molecule has 0 aliphatic carbocycles. The number of carbonyl (C=O) groups excluding carboxylic acids is 4. The smallest absolute Gasteiger partial charge is 0.306 e. The molecule has 3 amide bonds. The maximum Gasteiger partial charge on any atom is 0.306 e. The normalized spacial score (nSPS) is 18.6. The van der Waals surface area contributed by atoms with E-state index in [1.165, 1.54) is 4.90 Å². The first-order chi connectivity index (χ1) is 14.7. The monoisotopic (exact) mass is 430 g/mol. The maximum absolute atomic E-state index is 12.8. The number of nitrogens with zero attached hydrogens (tertiary/aromatic N) is 1. The van der Waals surface area contributed by atoms with Gasteiger partial charge in [0.15, 0.2) is 0 Å². The van der Waals surface area contributed by atoms with E-state index in [-0.39, 0.29) is 30.7 Å². The third-order valence-corrected chi connectivity index (χ3v) is 5.24. The van der Waals surface area contributed by atoms with Gasteiger partial charge in [0.25, 0.3) is 5.91 Å². The fourth-order valence-corrected chi connectivity index (χ4v) is 3.82. The molecule has 2 aliphatic heterocycles. The lowest BCUT2D eigenvalue weighted by Gasteiger charge is -2.29. The van der Waals surface area contributed by atoms with E-state index < -0.39 is 17.6 Å². The number of esters is 1. The van der Waals surface area contributed by atoms with Gasteiger partial charge in [-0.2, -0.15) is 0 Å². The molecule has 1 saturated heterocycles. The molecule has 31 heavy (non-hydrogen) atoms. The van der Waals surface area contributed by atoms with Crippen LogP contribution in [0.3, 0.4) is 0 Å². The van der Waals surface area contributed by atoms with E-state index >= 15 is 0 Å². The van der Waals surface area contributed by atoms with E-state index in [1.54, 1.807) is 12.1 Å². The van der Waals surface area contributed by atoms with Gasteiger partial charge in [0.1, 0.15) is 17.4 Å². The molecule has 8 nitrogen and oxygen atoms in total. The largest absolute Gasteiger partial charge is 0.493 e. The summed E-state index contributed by atoms with van der Waals surface area (Å²) in [5.41, 5.74) is 0.839. The molecular weight excluding hydrogens is 400 g/mol. The van der Waals surface area contributed by atoms with Gasteiger partial charge in [-0.3, -0.25) is 24.5 Å². The Balaban J connectivity index is 1.49. The van der Waals surface area contributed by atoms with Crippen molar-refractivity contribution in [3.63, 3.8) is 0 Å². The van der Waals surface area contributed by atoms with Crippen LogP contribution in [-0.4, -0.2) is 46.8 Å². The van der Waals surface area contributed by atoms with Crippen LogP contribution in [-0.2, 0) is 25.7 Å². The first kappa shape index (κ1) is 22.8. The van der Waals surface area contributed by atoms with Crippen molar-refractivity contribution in [2.45, 2.75) is 77.5 Å². The number of hydrogen-bond donors (Lipinski definition) is 1. The fraction of sp³-hybridized carbons (Fsp3) is 0.565. The van der Waals surface area contributed by atoms with Crippen molar-refractivity contribution >= 4 is 23.7 Å². The summed E-state index contributed by atoms with van der Waals surface area (Å²) in [6.07, 6.45) is 3.27. The standard InChI is InChI=1S/C23H30N2O6/c1-23(2,3)31-20(27)10-5-4-6-13-30-18-9-7-8-15-16(18)14-25(22(15)29)17-11-12-19(26)24-21(17)28/h7-9,17H,4-6,10-14H2,1-3H3,(H,24,26,28). The Kier molecular flexibility index (Phi) is 6.97. The average Bonchev–Trinajstić information content (AvgIpc) is 3.00. The molecule has 1 N–H and O–H groups in total. The lowest BCUT2D eigenvalue weighted by molar-refractivity contribution is -0.155. The molecule has 3 rings (SSSR count). The molecule has 0 saturated carbocycles. The summed E-state index contributed by atoms with van der Waals surface area (Å²) in [5, 5.41) is 2.31. The minimum atomic E-state index is -0.640. The average molecular weight is 431 g/mol. The Hall–Kier alpha value is -2.90. The SMILES string of the molecule is CC(C)(C)OC(=O)CCCCCOc1cccc2c1CN(C1CCC(=O)NC1=O)C2=O. The van der Waals surface area contributed by atoms with Crippen LogP contribution >= 0.6 is 0 Å². The Labute approximate surface area is 182 Å². The number of imide groups is 1. The molecule has 2 aliphatic rings. The minimum absolute atomic E-state index is 0.193. The second kappa shape index (κ2) is 9.49. The number of rotatable bonds is 8. The lowest BCUT2D eigenvalue weighted by Crippen LogP contribution is -2.52. The Bertz CT molecular complexity index is 873. The molecule has 8 heteroatoms. The van der Waals surface area contributed by atoms with Crippen LogP contribution in [0.4, 0.5) is 0 Å². The van der Waals surface area contributed by atoms with E-state index in [2.05, 4.69) is 5.32 Å². The van der Waals surface area contributed by atoms with Gasteiger partial charge in [0.2, 0.25) is 11.8 Å². The van der Waals surface area contributed by atoms with Crippen molar-refractivity contribution in [1.82, 2.24) is 10.2 Å². The number of carbonyl (C=O) groups is 4. The van der Waals surface area contributed by atoms with Gasteiger partial charge in [-0.05, 0) is 58.6 Å². The van der Waals surface area contributed by atoms with Gasteiger partial charge in [-0.25, -0.2) is 0 Å². The van der Waals surface area contributed by atoms with E-state index in [0.29, 0.717) is 30.8 Å². The highest BCUT2D eigenvalue weighted by Crippen LogP contribution is 2.33. The number of nitrogens with one attached hydrogen (secondary N) is 1. The van der Waals surface area contributed by atoms with Crippen LogP contribution in [0.2, 0.25) is 0 Å². The fourth-order valence-electron chi connectivity index (χ4n) is 3.82. The first-order valence-corrected chi connectivity index (χ1v) is 10.8. The molecule has 0 aromatic heterocycles. The zero-order chi connectivity index (χ0) is 22.6. The molecule has 1 unspecified atom stereocenters. The van der Waals surface area contributed by atoms with Crippen LogP contribution in [0.1, 0.15) is 75.2 Å². The number of piperidine rings is 1. The molecule has 2 heterocycles. The second-order valence-electron chi connectivity index (χ2n) is 8.93. The van der Waals surface area contributed by atoms with Gasteiger partial charge in [0, 0.05) is 24.0 Å². The predicted molar refractivity (Wildman–Crippen MR) is 112 cm³/mol. The summed E-state index contributed by atoms with van der Waals surface area (Å²) in [4.78, 5) is 49.6. The van der Waals surface area contributed by atoms with Gasteiger partial charge in [-0.15, -0.1) is 0 Å². The van der Waals surface area contributed by atoms with Crippen molar-refractivity contribution in [1.29, 1.82) is 0 Å². The van der Waals surface area contributed by atoms with E-state index in [1.807, 2.05) is 26.8 Å². The van der Waals surface area contributed by atoms with Gasteiger partial charge < -0.3 is 14.4 Å². The summed E-state index contributed by atoms with van der Waals surface area (Å²) >= 11 is 0. The van der Waals surface area contributed by atoms with Crippen LogP contribution in [0.15, 0.2) is 18.2 Å². The topological polar surface area (TPSA) is 102 Å². The summed E-state index contributed by atoms with van der Waals surface area (Å²) in [6.45, 7) is 6.31. The van der Waals surface area contributed by atoms with E-state index in [0.717, 1.165) is 24.8 Å². The van der Waals surface area contributed by atoms with Gasteiger partial charge in [-0.1, -0.05) is 6.07 Å². The second-order valence-corrected chi connectivity index (χ2v) is 8.93. The summed E-state index contributed by atoms with van der Waals surface area (Å²) < 4.78 is 11.2. The highest BCUT2D eigenvalue weighted by Gasteiger charge is 2.40. The summed E-state index contributed by atoms with van der Waals surface area (Å²) in [5.74, 6) is -0.507. The molecule has 1 aromatic carbocycles. The van der Waals surface area contributed by atoms with E-state index in [9.17, 15) is 19.2 Å². The number of hydrogen-bond acceptors (Lipinski definition) is 6. The van der Waals surface area contributed by atoms with Crippen LogP contribution in [0, 0.1) is 0 Å². The molecule has 1 aromatic rings. The molecule has 0 spiro atoms. The number of benzene rings is 1. The quantitative estimate of drug-likeness (QED) is 0.387. The number of fused-ring (bicyclic) bond motifs is 1. The highest BCUT2D eigenvalue weighted by atomic mass is 16.6. The zero-order valence-corrected chi connectivity index (χ0v) is 18.4. The zero-order valence-electron chi connectivity index (χ0n) is 18.4. The van der Waals surface area contributed by atoms with Crippen molar-refractivity contribution in [2.75, 3.05) is 6.61 Å². The first-order valence-electron chi connectivity index (χ1n) is 10.8. The third-order valence-electron chi connectivity index (χ3n) is 5.24. The number of unbranched alkanes of at least 4 members (excludes halogenated alkanes) is 2. The van der Waals surface area contributed by atoms with Crippen LogP contribution in [0.5, 0.6) is 5.75 Å². The maximum atomic E-state index is 12.8. The van der Waals surface area contributed by atoms with Crippen molar-refractivity contribution in [3.05, 3.63) is 29.3 Å². The van der Waals surface area contributed by atoms with Crippen molar-refractivity contribution < 1.29 is 28.7 Å². The Morgan fingerprint density at radius 2 is 1.94 bits per heavy atom. The number of amides is 3. The van der Waals surface area contributed by atoms with Crippen molar-refractivity contribution in [3.8, 4) is 5.75 Å². The van der Waals surface area contributed by atoms with Crippen LogP contribution < -0.4 is 10.1 Å². The molecule has 0 bridgehead atoms. The predicted octanol–water partition coefficient (Wildman–Crippen LogP) is 2.73. The summed E-state index contributed by atoms with van der Waals surface area (Å²) in [6, 6.07) is 4.68. The highest BCUT2D eigenvalue weighted by molar-refractivity contribution is 6.05. The molecule has 168 valence electrons. The minimum Gasteiger partial charge on any atom is -0.493 e. The van der Waals surface area contributed by atoms with Gasteiger partial charge >= 0.3 is 5.97 Å². The number of ether oxygens (including phenoxy) is 2.